The Hall–Kier alpha value is -3.20. The predicted molar refractivity (Wildman–Crippen MR) is 124 cm³/mol. The minimum Gasteiger partial charge on any atom is -0.497 e. The van der Waals surface area contributed by atoms with Gasteiger partial charge < -0.3 is 14.2 Å². The summed E-state index contributed by atoms with van der Waals surface area (Å²) >= 11 is 0. The van der Waals surface area contributed by atoms with Gasteiger partial charge in [0.05, 0.1) is 45.1 Å². The maximum atomic E-state index is 14.0. The number of hydrogen-bond donors (Lipinski definition) is 0. The van der Waals surface area contributed by atoms with Gasteiger partial charge in [0.1, 0.15) is 11.8 Å². The molecule has 2 saturated heterocycles. The number of ether oxygens (including phenoxy) is 3. The Kier molecular flexibility index (Phi) is 6.12. The van der Waals surface area contributed by atoms with Crippen LogP contribution in [0.1, 0.15) is 30.1 Å². The third-order valence-corrected chi connectivity index (χ3v) is 6.94. The number of morpholine rings is 1. The van der Waals surface area contributed by atoms with Gasteiger partial charge in [0.15, 0.2) is 0 Å². The predicted octanol–water partition coefficient (Wildman–Crippen LogP) is 2.70. The van der Waals surface area contributed by atoms with Crippen molar-refractivity contribution in [2.24, 2.45) is 0 Å². The zero-order valence-corrected chi connectivity index (χ0v) is 19.6. The number of carbonyl (C=O) groups excluding carboxylic acids is 2. The van der Waals surface area contributed by atoms with Crippen molar-refractivity contribution in [3.05, 3.63) is 77.0 Å². The monoisotopic (exact) mass is 463 g/mol. The van der Waals surface area contributed by atoms with E-state index in [1.165, 1.54) is 7.11 Å². The lowest BCUT2D eigenvalue weighted by Crippen LogP contribution is -2.49. The molecular weight excluding hydrogens is 434 g/mol. The highest BCUT2D eigenvalue weighted by molar-refractivity contribution is 5.95. The smallest absolute Gasteiger partial charge is 0.337 e. The van der Waals surface area contributed by atoms with Crippen LogP contribution in [0.5, 0.6) is 5.75 Å². The van der Waals surface area contributed by atoms with Gasteiger partial charge in [-0.05, 0) is 30.2 Å². The Bertz CT molecular complexity index is 1100. The fourth-order valence-electron chi connectivity index (χ4n) is 5.37. The SMILES string of the molecule is COC(=O)C1=C(C)N2C(=O)[C@@H](N3CCOCC3)[C@H](c3ccccc3)N2[C@@H]1c1ccc(OC)cc1. The van der Waals surface area contributed by atoms with Gasteiger partial charge in [-0.1, -0.05) is 42.5 Å². The topological polar surface area (TPSA) is 71.5 Å². The third-order valence-electron chi connectivity index (χ3n) is 6.94. The van der Waals surface area contributed by atoms with Crippen LogP contribution in [0.4, 0.5) is 0 Å². The summed E-state index contributed by atoms with van der Waals surface area (Å²) in [6.45, 7) is 4.37. The molecule has 0 saturated carbocycles. The van der Waals surface area contributed by atoms with Crippen molar-refractivity contribution in [2.45, 2.75) is 25.0 Å². The van der Waals surface area contributed by atoms with Crippen molar-refractivity contribution < 1.29 is 23.8 Å². The first kappa shape index (κ1) is 22.6. The van der Waals surface area contributed by atoms with Gasteiger partial charge in [0, 0.05) is 18.8 Å². The summed E-state index contributed by atoms with van der Waals surface area (Å²) in [5, 5.41) is 3.75. The van der Waals surface area contributed by atoms with Crippen molar-refractivity contribution in [1.29, 1.82) is 0 Å². The molecule has 2 fully saturated rings. The van der Waals surface area contributed by atoms with E-state index in [4.69, 9.17) is 14.2 Å². The molecule has 0 N–H and O–H groups in total. The van der Waals surface area contributed by atoms with Gasteiger partial charge in [0.2, 0.25) is 0 Å². The number of methoxy groups -OCH3 is 2. The fourth-order valence-corrected chi connectivity index (χ4v) is 5.37. The highest BCUT2D eigenvalue weighted by Crippen LogP contribution is 2.51. The molecule has 178 valence electrons. The Morgan fingerprint density at radius 2 is 1.62 bits per heavy atom. The molecule has 0 aromatic heterocycles. The van der Waals surface area contributed by atoms with E-state index >= 15 is 0 Å². The number of benzene rings is 2. The van der Waals surface area contributed by atoms with Crippen LogP contribution in [0, 0.1) is 0 Å². The lowest BCUT2D eigenvalue weighted by atomic mass is 9.92. The molecule has 3 aliphatic heterocycles. The second-order valence-electron chi connectivity index (χ2n) is 8.65. The number of nitrogens with zero attached hydrogens (tertiary/aromatic N) is 3. The van der Waals surface area contributed by atoms with Crippen LogP contribution in [-0.4, -0.2) is 73.4 Å². The van der Waals surface area contributed by atoms with Crippen molar-refractivity contribution >= 4 is 11.9 Å². The molecule has 3 aliphatic rings. The summed E-state index contributed by atoms with van der Waals surface area (Å²) in [5.41, 5.74) is 2.99. The zero-order valence-electron chi connectivity index (χ0n) is 19.6. The van der Waals surface area contributed by atoms with Gasteiger partial charge in [-0.25, -0.2) is 9.80 Å². The Labute approximate surface area is 199 Å². The standard InChI is InChI=1S/C26H29N3O5/c1-17-21(26(31)33-3)22(19-9-11-20(32-2)12-10-19)29-23(18-7-5-4-6-8-18)24(25(30)28(17)29)27-13-15-34-16-14-27/h4-12,22-24H,13-16H2,1-3H3/t22-,23+,24+/m1/s1. The van der Waals surface area contributed by atoms with Crippen molar-refractivity contribution in [1.82, 2.24) is 14.9 Å². The number of hydrazine groups is 1. The molecule has 1 amide bonds. The minimum absolute atomic E-state index is 0.0364. The highest BCUT2D eigenvalue weighted by Gasteiger charge is 2.58. The largest absolute Gasteiger partial charge is 0.497 e. The van der Waals surface area contributed by atoms with Gasteiger partial charge in [0.25, 0.3) is 5.91 Å². The number of amides is 1. The van der Waals surface area contributed by atoms with E-state index in [1.54, 1.807) is 12.1 Å². The van der Waals surface area contributed by atoms with Gasteiger partial charge in [-0.15, -0.1) is 0 Å². The van der Waals surface area contributed by atoms with Gasteiger partial charge >= 0.3 is 5.97 Å². The first-order chi connectivity index (χ1) is 16.6. The lowest BCUT2D eigenvalue weighted by Gasteiger charge is -2.37. The molecule has 0 unspecified atom stereocenters. The van der Waals surface area contributed by atoms with E-state index in [0.29, 0.717) is 37.6 Å². The van der Waals surface area contributed by atoms with Crippen molar-refractivity contribution in [2.75, 3.05) is 40.5 Å². The van der Waals surface area contributed by atoms with Crippen LogP contribution in [0.25, 0.3) is 0 Å². The molecule has 3 heterocycles. The molecule has 0 spiro atoms. The second kappa shape index (κ2) is 9.21. The molecule has 0 radical (unpaired) electrons. The van der Waals surface area contributed by atoms with E-state index in [2.05, 4.69) is 9.91 Å². The Morgan fingerprint density at radius 3 is 2.24 bits per heavy atom. The van der Waals surface area contributed by atoms with E-state index in [9.17, 15) is 9.59 Å². The van der Waals surface area contributed by atoms with E-state index in [1.807, 2.05) is 61.5 Å². The first-order valence-corrected chi connectivity index (χ1v) is 11.5. The number of carbonyl (C=O) groups is 2. The first-order valence-electron chi connectivity index (χ1n) is 11.5. The summed E-state index contributed by atoms with van der Waals surface area (Å²) in [4.78, 5) is 29.2. The van der Waals surface area contributed by atoms with Crippen LogP contribution in [0.3, 0.4) is 0 Å². The quantitative estimate of drug-likeness (QED) is 0.632. The lowest BCUT2D eigenvalue weighted by molar-refractivity contribution is -0.139. The summed E-state index contributed by atoms with van der Waals surface area (Å²) < 4.78 is 16.1. The second-order valence-corrected chi connectivity index (χ2v) is 8.65. The highest BCUT2D eigenvalue weighted by atomic mass is 16.5. The fraction of sp³-hybridized carbons (Fsp3) is 0.385. The van der Waals surface area contributed by atoms with Crippen molar-refractivity contribution in [3.63, 3.8) is 0 Å². The van der Waals surface area contributed by atoms with E-state index in [0.717, 1.165) is 16.9 Å². The molecule has 8 nitrogen and oxygen atoms in total. The molecule has 5 rings (SSSR count). The summed E-state index contributed by atoms with van der Waals surface area (Å²) in [5.74, 6) is 0.253. The van der Waals surface area contributed by atoms with Gasteiger partial charge in [-0.3, -0.25) is 9.69 Å². The summed E-state index contributed by atoms with van der Waals surface area (Å²) in [6, 6.07) is 16.5. The summed E-state index contributed by atoms with van der Waals surface area (Å²) in [7, 11) is 2.99. The van der Waals surface area contributed by atoms with Crippen LogP contribution in [0.2, 0.25) is 0 Å². The van der Waals surface area contributed by atoms with E-state index < -0.39 is 12.0 Å². The van der Waals surface area contributed by atoms with Crippen LogP contribution in [-0.2, 0) is 19.1 Å². The molecule has 0 aliphatic carbocycles. The zero-order chi connectivity index (χ0) is 23.8. The number of allylic oxidation sites excluding steroid dienone is 1. The number of fused-ring (bicyclic) bond motifs is 1. The molecule has 3 atom stereocenters. The molecule has 2 aromatic rings. The number of esters is 1. The minimum atomic E-state index is -0.474. The average molecular weight is 464 g/mol. The molecule has 8 heteroatoms. The van der Waals surface area contributed by atoms with Crippen LogP contribution < -0.4 is 4.74 Å². The maximum absolute atomic E-state index is 14.0. The van der Waals surface area contributed by atoms with Crippen LogP contribution in [0.15, 0.2) is 65.9 Å². The molecular formula is C26H29N3O5. The van der Waals surface area contributed by atoms with Crippen molar-refractivity contribution in [3.8, 4) is 5.75 Å². The summed E-state index contributed by atoms with van der Waals surface area (Å²) in [6.07, 6.45) is 0. The normalized spacial score (nSPS) is 25.6. The number of hydrogen-bond acceptors (Lipinski definition) is 7. The molecule has 2 aromatic carbocycles. The van der Waals surface area contributed by atoms with E-state index in [-0.39, 0.29) is 18.0 Å². The average Bonchev–Trinajstić information content (AvgIpc) is 3.36. The third kappa shape index (κ3) is 3.58. The number of rotatable bonds is 5. The molecule has 0 bridgehead atoms. The van der Waals surface area contributed by atoms with Gasteiger partial charge in [-0.2, -0.15) is 5.01 Å². The Morgan fingerprint density at radius 1 is 0.941 bits per heavy atom. The maximum Gasteiger partial charge on any atom is 0.337 e. The molecule has 34 heavy (non-hydrogen) atoms. The Balaban J connectivity index is 1.67. The van der Waals surface area contributed by atoms with Crippen LogP contribution >= 0.6 is 0 Å².